The van der Waals surface area contributed by atoms with E-state index in [1.165, 1.54) is 52.8 Å². The normalized spacial score (nSPS) is 15.5. The summed E-state index contributed by atoms with van der Waals surface area (Å²) in [5.41, 5.74) is 0.378. The third kappa shape index (κ3) is 5.55. The maximum atomic E-state index is 12.6. The van der Waals surface area contributed by atoms with Gasteiger partial charge in [-0.05, 0) is 48.5 Å². The number of carbonyl (C=O) groups excluding carboxylic acids is 1. The fourth-order valence-electron chi connectivity index (χ4n) is 2.72. The SMILES string of the molecule is NS(=O)(=O)c1ccc(NC(=O)COc2ccc(S(=O)(=O)N3CCOCC3)cc2)cc1. The lowest BCUT2D eigenvalue weighted by atomic mass is 10.3. The van der Waals surface area contributed by atoms with Gasteiger partial charge in [0.05, 0.1) is 23.0 Å². The van der Waals surface area contributed by atoms with Crippen molar-refractivity contribution in [1.82, 2.24) is 4.31 Å². The number of hydrogen-bond donors (Lipinski definition) is 2. The number of anilines is 1. The van der Waals surface area contributed by atoms with Crippen LogP contribution in [-0.2, 0) is 29.6 Å². The van der Waals surface area contributed by atoms with E-state index in [9.17, 15) is 21.6 Å². The molecule has 162 valence electrons. The van der Waals surface area contributed by atoms with Gasteiger partial charge in [-0.1, -0.05) is 0 Å². The Balaban J connectivity index is 1.55. The van der Waals surface area contributed by atoms with Gasteiger partial charge < -0.3 is 14.8 Å². The van der Waals surface area contributed by atoms with Gasteiger partial charge in [0.2, 0.25) is 20.0 Å². The predicted molar refractivity (Wildman–Crippen MR) is 108 cm³/mol. The third-order valence-corrected chi connectivity index (χ3v) is 7.11. The summed E-state index contributed by atoms with van der Waals surface area (Å²) in [5.74, 6) is -0.140. The number of carbonyl (C=O) groups is 1. The summed E-state index contributed by atoms with van der Waals surface area (Å²) in [6, 6.07) is 11.2. The quantitative estimate of drug-likeness (QED) is 0.613. The van der Waals surface area contributed by atoms with Crippen LogP contribution in [0.1, 0.15) is 0 Å². The summed E-state index contributed by atoms with van der Waals surface area (Å²) in [7, 11) is -7.40. The molecule has 10 nitrogen and oxygen atoms in total. The van der Waals surface area contributed by atoms with Gasteiger partial charge in [-0.2, -0.15) is 4.31 Å². The topological polar surface area (TPSA) is 145 Å². The van der Waals surface area contributed by atoms with Gasteiger partial charge in [0.15, 0.2) is 6.61 Å². The van der Waals surface area contributed by atoms with Crippen molar-refractivity contribution in [2.75, 3.05) is 38.2 Å². The lowest BCUT2D eigenvalue weighted by molar-refractivity contribution is -0.118. The highest BCUT2D eigenvalue weighted by Crippen LogP contribution is 2.20. The molecule has 1 fully saturated rings. The van der Waals surface area contributed by atoms with Gasteiger partial charge in [-0.25, -0.2) is 22.0 Å². The number of hydrogen-bond acceptors (Lipinski definition) is 7. The number of nitrogens with one attached hydrogen (secondary N) is 1. The van der Waals surface area contributed by atoms with Crippen LogP contribution in [0.3, 0.4) is 0 Å². The Labute approximate surface area is 174 Å². The number of benzene rings is 2. The molecule has 0 bridgehead atoms. The number of rotatable bonds is 7. The molecule has 1 aliphatic heterocycles. The summed E-state index contributed by atoms with van der Waals surface area (Å²) in [5, 5.41) is 7.57. The van der Waals surface area contributed by atoms with E-state index in [2.05, 4.69) is 5.32 Å². The van der Waals surface area contributed by atoms with Gasteiger partial charge in [0, 0.05) is 18.8 Å². The summed E-state index contributed by atoms with van der Waals surface area (Å²) in [4.78, 5) is 12.1. The second kappa shape index (κ2) is 9.10. The van der Waals surface area contributed by atoms with Crippen LogP contribution in [0.15, 0.2) is 58.3 Å². The second-order valence-corrected chi connectivity index (χ2v) is 9.89. The summed E-state index contributed by atoms with van der Waals surface area (Å²) in [6.45, 7) is 1.02. The number of nitrogens with zero attached hydrogens (tertiary/aromatic N) is 1. The molecule has 0 aliphatic carbocycles. The van der Waals surface area contributed by atoms with Crippen LogP contribution >= 0.6 is 0 Å². The highest BCUT2D eigenvalue weighted by atomic mass is 32.2. The van der Waals surface area contributed by atoms with Gasteiger partial charge >= 0.3 is 0 Å². The number of ether oxygens (including phenoxy) is 2. The Morgan fingerprint density at radius 2 is 1.53 bits per heavy atom. The third-order valence-electron chi connectivity index (χ3n) is 4.27. The average Bonchev–Trinajstić information content (AvgIpc) is 2.73. The molecule has 3 rings (SSSR count). The number of sulfonamides is 2. The molecule has 30 heavy (non-hydrogen) atoms. The van der Waals surface area contributed by atoms with Crippen LogP contribution in [-0.4, -0.2) is 60.0 Å². The molecule has 1 heterocycles. The van der Waals surface area contributed by atoms with Crippen LogP contribution in [0.25, 0.3) is 0 Å². The maximum absolute atomic E-state index is 12.6. The molecule has 0 unspecified atom stereocenters. The van der Waals surface area contributed by atoms with Crippen molar-refractivity contribution in [1.29, 1.82) is 0 Å². The van der Waals surface area contributed by atoms with E-state index in [0.717, 1.165) is 0 Å². The molecule has 0 radical (unpaired) electrons. The zero-order valence-electron chi connectivity index (χ0n) is 15.9. The van der Waals surface area contributed by atoms with Crippen LogP contribution in [0.4, 0.5) is 5.69 Å². The monoisotopic (exact) mass is 455 g/mol. The number of primary sulfonamides is 1. The first-order valence-corrected chi connectivity index (χ1v) is 11.9. The van der Waals surface area contributed by atoms with E-state index in [0.29, 0.717) is 37.7 Å². The summed E-state index contributed by atoms with van der Waals surface area (Å²) in [6.07, 6.45) is 0. The summed E-state index contributed by atoms with van der Waals surface area (Å²) >= 11 is 0. The van der Waals surface area contributed by atoms with Crippen molar-refractivity contribution in [2.24, 2.45) is 5.14 Å². The van der Waals surface area contributed by atoms with E-state index in [1.54, 1.807) is 0 Å². The Morgan fingerprint density at radius 1 is 0.967 bits per heavy atom. The van der Waals surface area contributed by atoms with Crippen molar-refractivity contribution in [2.45, 2.75) is 9.79 Å². The Bertz CT molecular complexity index is 1090. The molecular weight excluding hydrogens is 434 g/mol. The van der Waals surface area contributed by atoms with Gasteiger partial charge in [-0.15, -0.1) is 0 Å². The molecular formula is C18H21N3O7S2. The van der Waals surface area contributed by atoms with Crippen molar-refractivity contribution in [3.8, 4) is 5.75 Å². The lowest BCUT2D eigenvalue weighted by Gasteiger charge is -2.26. The van der Waals surface area contributed by atoms with Crippen molar-refractivity contribution in [3.05, 3.63) is 48.5 Å². The molecule has 0 spiro atoms. The molecule has 12 heteroatoms. The molecule has 0 saturated carbocycles. The summed E-state index contributed by atoms with van der Waals surface area (Å²) < 4.78 is 59.5. The first-order chi connectivity index (χ1) is 14.2. The molecule has 1 aliphatic rings. The standard InChI is InChI=1S/C18H21N3O7S2/c19-29(23,24)16-5-1-14(2-6-16)20-18(22)13-28-15-3-7-17(8-4-15)30(25,26)21-9-11-27-12-10-21/h1-8H,9-13H2,(H,20,22)(H2,19,23,24). The number of amides is 1. The van der Waals surface area contributed by atoms with E-state index in [1.807, 2.05) is 0 Å². The van der Waals surface area contributed by atoms with Gasteiger partial charge in [-0.3, -0.25) is 4.79 Å². The van der Waals surface area contributed by atoms with Gasteiger partial charge in [0.25, 0.3) is 5.91 Å². The minimum Gasteiger partial charge on any atom is -0.484 e. The highest BCUT2D eigenvalue weighted by molar-refractivity contribution is 7.89. The molecule has 1 saturated heterocycles. The Hall–Kier alpha value is -2.51. The molecule has 3 N–H and O–H groups in total. The molecule has 2 aromatic carbocycles. The molecule has 0 atom stereocenters. The van der Waals surface area contributed by atoms with Crippen molar-refractivity contribution in [3.63, 3.8) is 0 Å². The Morgan fingerprint density at radius 3 is 2.10 bits per heavy atom. The molecule has 0 aromatic heterocycles. The first kappa shape index (κ1) is 22.2. The van der Waals surface area contributed by atoms with Crippen molar-refractivity contribution < 1.29 is 31.1 Å². The fourth-order valence-corrected chi connectivity index (χ4v) is 4.64. The second-order valence-electron chi connectivity index (χ2n) is 6.39. The highest BCUT2D eigenvalue weighted by Gasteiger charge is 2.26. The van der Waals surface area contributed by atoms with E-state index >= 15 is 0 Å². The van der Waals surface area contributed by atoms with E-state index in [4.69, 9.17) is 14.6 Å². The van der Waals surface area contributed by atoms with E-state index < -0.39 is 26.0 Å². The largest absolute Gasteiger partial charge is 0.484 e. The van der Waals surface area contributed by atoms with Crippen LogP contribution < -0.4 is 15.2 Å². The predicted octanol–water partition coefficient (Wildman–Crippen LogP) is 0.372. The molecule has 2 aromatic rings. The fraction of sp³-hybridized carbons (Fsp3) is 0.278. The first-order valence-electron chi connectivity index (χ1n) is 8.90. The number of morpholine rings is 1. The van der Waals surface area contributed by atoms with Crippen molar-refractivity contribution >= 4 is 31.6 Å². The number of nitrogens with two attached hydrogens (primary N) is 1. The van der Waals surface area contributed by atoms with Crippen LogP contribution in [0, 0.1) is 0 Å². The zero-order chi connectivity index (χ0) is 21.8. The minimum atomic E-state index is -3.81. The Kier molecular flexibility index (Phi) is 6.73. The zero-order valence-corrected chi connectivity index (χ0v) is 17.5. The van der Waals surface area contributed by atoms with Crippen LogP contribution in [0.2, 0.25) is 0 Å². The van der Waals surface area contributed by atoms with Crippen LogP contribution in [0.5, 0.6) is 5.75 Å². The van der Waals surface area contributed by atoms with E-state index in [-0.39, 0.29) is 16.4 Å². The van der Waals surface area contributed by atoms with Gasteiger partial charge in [0.1, 0.15) is 5.75 Å². The smallest absolute Gasteiger partial charge is 0.262 e. The molecule has 1 amide bonds. The lowest BCUT2D eigenvalue weighted by Crippen LogP contribution is -2.40. The average molecular weight is 456 g/mol. The maximum Gasteiger partial charge on any atom is 0.262 e. The minimum absolute atomic E-state index is 0.0659.